The molecule has 0 radical (unpaired) electrons. The number of aryl methyl sites for hydroxylation is 1. The lowest BCUT2D eigenvalue weighted by atomic mass is 9.94. The first kappa shape index (κ1) is 31.6. The molecule has 3 aromatic rings. The molecule has 2 N–H and O–H groups in total. The molecular weight excluding hydrogens is 608 g/mol. The molecule has 236 valence electrons. The molecule has 0 spiro atoms. The lowest BCUT2D eigenvalue weighted by Gasteiger charge is -2.55. The van der Waals surface area contributed by atoms with Gasteiger partial charge in [-0.15, -0.1) is 5.10 Å². The minimum atomic E-state index is -1.94. The van der Waals surface area contributed by atoms with E-state index in [1.54, 1.807) is 31.3 Å². The Kier molecular flexibility index (Phi) is 9.17. The summed E-state index contributed by atoms with van der Waals surface area (Å²) in [7, 11) is 2.91. The van der Waals surface area contributed by atoms with Crippen molar-refractivity contribution in [2.45, 2.75) is 43.7 Å². The number of carboxylic acid groups (broad SMARTS) is 1. The third-order valence-corrected chi connectivity index (χ3v) is 8.04. The minimum absolute atomic E-state index is 0.0634. The Morgan fingerprint density at radius 1 is 1.18 bits per heavy atom. The summed E-state index contributed by atoms with van der Waals surface area (Å²) in [4.78, 5) is 53.1. The van der Waals surface area contributed by atoms with Gasteiger partial charge in [0.1, 0.15) is 18.1 Å². The normalized spacial score (nSPS) is 19.2. The van der Waals surface area contributed by atoms with E-state index in [-0.39, 0.29) is 41.9 Å². The van der Waals surface area contributed by atoms with Gasteiger partial charge in [0.2, 0.25) is 5.16 Å². The van der Waals surface area contributed by atoms with Gasteiger partial charge in [-0.25, -0.2) is 14.3 Å². The average molecular weight is 639 g/mol. The van der Waals surface area contributed by atoms with Crippen molar-refractivity contribution in [3.05, 3.63) is 76.5 Å². The number of hydrogen-bond acceptors (Lipinski definition) is 12. The van der Waals surface area contributed by atoms with Crippen LogP contribution in [-0.4, -0.2) is 91.5 Å². The van der Waals surface area contributed by atoms with Crippen LogP contribution in [-0.2, 0) is 37.5 Å². The highest BCUT2D eigenvalue weighted by molar-refractivity contribution is 7.99. The van der Waals surface area contributed by atoms with Crippen LogP contribution in [0.2, 0.25) is 0 Å². The number of amides is 2. The minimum Gasteiger partial charge on any atom is -0.490 e. The van der Waals surface area contributed by atoms with Gasteiger partial charge >= 0.3 is 11.9 Å². The van der Waals surface area contributed by atoms with E-state index in [0.717, 1.165) is 4.90 Å². The molecule has 0 aliphatic carbocycles. The number of thioether (sulfide) groups is 1. The third kappa shape index (κ3) is 6.25. The number of carboxylic acids is 1. The van der Waals surface area contributed by atoms with Gasteiger partial charge in [0.15, 0.2) is 6.23 Å². The molecule has 2 atom stereocenters. The Morgan fingerprint density at radius 2 is 1.91 bits per heavy atom. The molecule has 2 aliphatic heterocycles. The number of rotatable bonds is 12. The lowest BCUT2D eigenvalue weighted by Crippen LogP contribution is -2.82. The molecule has 1 aromatic heterocycles. The fraction of sp³-hybridized carbons (Fsp3) is 0.345. The van der Waals surface area contributed by atoms with Gasteiger partial charge in [0.05, 0.1) is 23.8 Å². The van der Waals surface area contributed by atoms with Crippen molar-refractivity contribution in [3.63, 3.8) is 0 Å². The quantitative estimate of drug-likeness (QED) is 0.127. The van der Waals surface area contributed by atoms with Crippen LogP contribution >= 0.6 is 11.8 Å². The van der Waals surface area contributed by atoms with Gasteiger partial charge in [0, 0.05) is 19.9 Å². The summed E-state index contributed by atoms with van der Waals surface area (Å²) in [5, 5.41) is 23.6. The Morgan fingerprint density at radius 3 is 2.56 bits per heavy atom. The number of benzene rings is 2. The molecule has 3 heterocycles. The Balaban J connectivity index is 1.40. The molecule has 1 fully saturated rings. The summed E-state index contributed by atoms with van der Waals surface area (Å²) in [5.74, 6) is -2.79. The van der Waals surface area contributed by atoms with Gasteiger partial charge in [-0.1, -0.05) is 36.0 Å². The van der Waals surface area contributed by atoms with Crippen molar-refractivity contribution >= 4 is 35.5 Å². The number of esters is 1. The number of β-lactam (4-membered cyclic amide) rings is 1. The third-order valence-electron chi connectivity index (χ3n) is 6.95. The van der Waals surface area contributed by atoms with E-state index in [2.05, 4.69) is 20.8 Å². The average Bonchev–Trinajstić information content (AvgIpc) is 3.45. The second kappa shape index (κ2) is 13.1. The van der Waals surface area contributed by atoms with Crippen molar-refractivity contribution in [2.24, 2.45) is 7.05 Å². The summed E-state index contributed by atoms with van der Waals surface area (Å²) in [6.07, 6.45) is -1.40. The molecule has 16 heteroatoms. The first-order valence-electron chi connectivity index (χ1n) is 13.7. The van der Waals surface area contributed by atoms with Gasteiger partial charge in [-0.05, 0) is 59.7 Å². The van der Waals surface area contributed by atoms with Crippen LogP contribution in [0.4, 0.5) is 0 Å². The van der Waals surface area contributed by atoms with Crippen LogP contribution < -0.4 is 10.1 Å². The Bertz CT molecular complexity index is 1660. The van der Waals surface area contributed by atoms with E-state index in [1.807, 2.05) is 13.8 Å². The van der Waals surface area contributed by atoms with Crippen molar-refractivity contribution in [3.8, 4) is 5.75 Å². The second-order valence-corrected chi connectivity index (χ2v) is 11.2. The SMILES string of the molecule is CO[C@@]1(NC(=O)c2ccccc2OC(C)C)C(=O)N2C(C(=O)OCc3ccc(C(=O)O)cc3)=C(CSc3nnnn3C)CO[C@@H]21. The van der Waals surface area contributed by atoms with E-state index >= 15 is 0 Å². The standard InChI is InChI=1S/C29H30N6O9S/c1-16(2)44-21-8-6-5-7-20(21)23(36)30-29(41-4)26(40)35-22(25(39)42-13-17-9-11-18(12-10-17)24(37)38)19(14-43-27(29)35)15-45-28-31-32-33-34(28)3/h5-12,16,27H,13-15H2,1-4H3,(H,30,36)(H,37,38)/t27-,29+/m1/s1. The highest BCUT2D eigenvalue weighted by Gasteiger charge is 2.67. The van der Waals surface area contributed by atoms with Gasteiger partial charge in [0.25, 0.3) is 17.5 Å². The number of carbonyl (C=O) groups is 4. The number of methoxy groups -OCH3 is 1. The molecular formula is C29H30N6O9S. The number of carbonyl (C=O) groups excluding carboxylic acids is 3. The van der Waals surface area contributed by atoms with Crippen LogP contribution in [0.5, 0.6) is 5.75 Å². The number of hydrogen-bond donors (Lipinski definition) is 2. The number of nitrogens with one attached hydrogen (secondary N) is 1. The van der Waals surface area contributed by atoms with E-state index in [9.17, 15) is 19.2 Å². The van der Waals surface area contributed by atoms with Crippen molar-refractivity contribution in [1.82, 2.24) is 30.4 Å². The molecule has 0 saturated carbocycles. The maximum Gasteiger partial charge on any atom is 0.355 e. The van der Waals surface area contributed by atoms with Crippen LogP contribution in [0.3, 0.4) is 0 Å². The number of fused-ring (bicyclic) bond motifs is 1. The number of para-hydroxylation sites is 1. The van der Waals surface area contributed by atoms with Crippen LogP contribution in [0.15, 0.2) is 65.0 Å². The highest BCUT2D eigenvalue weighted by atomic mass is 32.2. The van der Waals surface area contributed by atoms with Gasteiger partial charge in [-0.2, -0.15) is 0 Å². The zero-order valence-corrected chi connectivity index (χ0v) is 25.6. The maximum atomic E-state index is 13.8. The highest BCUT2D eigenvalue weighted by Crippen LogP contribution is 2.42. The molecule has 2 amide bonds. The summed E-state index contributed by atoms with van der Waals surface area (Å²) in [6.45, 7) is 3.35. The topological polar surface area (TPSA) is 184 Å². The van der Waals surface area contributed by atoms with E-state index in [1.165, 1.54) is 47.8 Å². The molecule has 45 heavy (non-hydrogen) atoms. The number of aromatic carboxylic acids is 1. The summed E-state index contributed by atoms with van der Waals surface area (Å²) in [6, 6.07) is 12.4. The molecule has 2 aromatic carbocycles. The molecule has 0 bridgehead atoms. The molecule has 15 nitrogen and oxygen atoms in total. The predicted octanol–water partition coefficient (Wildman–Crippen LogP) is 1.76. The lowest BCUT2D eigenvalue weighted by molar-refractivity contribution is -0.256. The first-order valence-corrected chi connectivity index (χ1v) is 14.7. The molecule has 2 aliphatic rings. The number of nitrogens with zero attached hydrogens (tertiary/aromatic N) is 5. The van der Waals surface area contributed by atoms with Gasteiger partial charge < -0.3 is 29.4 Å². The van der Waals surface area contributed by atoms with Crippen molar-refractivity contribution in [2.75, 3.05) is 19.5 Å². The first-order chi connectivity index (χ1) is 21.6. The maximum absolute atomic E-state index is 13.8. The molecule has 5 rings (SSSR count). The fourth-order valence-electron chi connectivity index (χ4n) is 4.75. The monoisotopic (exact) mass is 638 g/mol. The van der Waals surface area contributed by atoms with Crippen LogP contribution in [0.1, 0.15) is 40.1 Å². The summed E-state index contributed by atoms with van der Waals surface area (Å²) in [5.41, 5.74) is -0.776. The largest absolute Gasteiger partial charge is 0.490 e. The number of aromatic nitrogens is 4. The predicted molar refractivity (Wildman–Crippen MR) is 156 cm³/mol. The van der Waals surface area contributed by atoms with Crippen LogP contribution in [0.25, 0.3) is 0 Å². The Labute approximate surface area is 261 Å². The summed E-state index contributed by atoms with van der Waals surface area (Å²) >= 11 is 1.22. The number of tetrazole rings is 1. The zero-order chi connectivity index (χ0) is 32.3. The number of ether oxygens (including phenoxy) is 4. The van der Waals surface area contributed by atoms with E-state index < -0.39 is 35.7 Å². The van der Waals surface area contributed by atoms with E-state index in [4.69, 9.17) is 24.1 Å². The van der Waals surface area contributed by atoms with Crippen LogP contribution in [0, 0.1) is 0 Å². The fourth-order valence-corrected chi connectivity index (χ4v) is 5.59. The molecule has 0 unspecified atom stereocenters. The second-order valence-electron chi connectivity index (χ2n) is 10.3. The summed E-state index contributed by atoms with van der Waals surface area (Å²) < 4.78 is 24.4. The van der Waals surface area contributed by atoms with Gasteiger partial charge in [-0.3, -0.25) is 14.5 Å². The smallest absolute Gasteiger partial charge is 0.355 e. The zero-order valence-electron chi connectivity index (χ0n) is 24.8. The molecule has 1 saturated heterocycles. The van der Waals surface area contributed by atoms with E-state index in [0.29, 0.717) is 22.0 Å². The Hall–Kier alpha value is -4.80. The van der Waals surface area contributed by atoms with Crippen molar-refractivity contribution < 1.29 is 43.2 Å². The van der Waals surface area contributed by atoms with Crippen molar-refractivity contribution in [1.29, 1.82) is 0 Å².